The lowest BCUT2D eigenvalue weighted by Crippen LogP contribution is -2.19. The lowest BCUT2D eigenvalue weighted by Gasteiger charge is -2.14. The second-order valence-corrected chi connectivity index (χ2v) is 3.59. The van der Waals surface area contributed by atoms with Gasteiger partial charge in [-0.2, -0.15) is 0 Å². The molecule has 0 saturated carbocycles. The van der Waals surface area contributed by atoms with Crippen LogP contribution in [-0.2, 0) is 0 Å². The predicted molar refractivity (Wildman–Crippen MR) is 54.0 cm³/mol. The average molecular weight is 220 g/mol. The van der Waals surface area contributed by atoms with E-state index in [4.69, 9.17) is 17.3 Å². The maximum Gasteiger partial charge on any atom is 0.246 e. The summed E-state index contributed by atoms with van der Waals surface area (Å²) in [5, 5.41) is 0.582. The maximum atomic E-state index is 12.5. The highest BCUT2D eigenvalue weighted by Crippen LogP contribution is 2.25. The molecule has 0 spiro atoms. The van der Waals surface area contributed by atoms with Crippen molar-refractivity contribution in [2.75, 3.05) is 6.54 Å². The van der Waals surface area contributed by atoms with Crippen LogP contribution in [0.4, 0.5) is 8.78 Å². The average Bonchev–Trinajstić information content (AvgIpc) is 2.11. The first-order valence-electron chi connectivity index (χ1n) is 4.30. The summed E-state index contributed by atoms with van der Waals surface area (Å²) < 4.78 is 25.0. The van der Waals surface area contributed by atoms with Crippen molar-refractivity contribution in [3.05, 3.63) is 34.3 Å². The van der Waals surface area contributed by atoms with Crippen LogP contribution in [0.15, 0.2) is 18.2 Å². The molecule has 0 aromatic heterocycles. The molecule has 1 unspecified atom stereocenters. The minimum atomic E-state index is -2.43. The molecule has 0 heterocycles. The number of benzene rings is 1. The zero-order valence-electron chi connectivity index (χ0n) is 7.81. The van der Waals surface area contributed by atoms with E-state index in [1.807, 2.05) is 0 Å². The highest BCUT2D eigenvalue weighted by Gasteiger charge is 2.20. The topological polar surface area (TPSA) is 26.0 Å². The van der Waals surface area contributed by atoms with E-state index in [0.717, 1.165) is 5.56 Å². The largest absolute Gasteiger partial charge is 0.330 e. The molecule has 1 aromatic carbocycles. The van der Waals surface area contributed by atoms with E-state index in [1.165, 1.54) is 0 Å². The van der Waals surface area contributed by atoms with Gasteiger partial charge in [-0.25, -0.2) is 8.78 Å². The smallest absolute Gasteiger partial charge is 0.246 e. The summed E-state index contributed by atoms with van der Waals surface area (Å²) in [5.41, 5.74) is 6.62. The summed E-state index contributed by atoms with van der Waals surface area (Å²) in [4.78, 5) is 0. The third-order valence-electron chi connectivity index (χ3n) is 2.17. The first-order chi connectivity index (χ1) is 6.56. The lowest BCUT2D eigenvalue weighted by atomic mass is 9.98. The number of halogens is 3. The van der Waals surface area contributed by atoms with Crippen molar-refractivity contribution in [1.82, 2.24) is 0 Å². The quantitative estimate of drug-likeness (QED) is 0.831. The Morgan fingerprint density at radius 1 is 1.43 bits per heavy atom. The molecule has 0 fully saturated rings. The van der Waals surface area contributed by atoms with Gasteiger partial charge in [0.15, 0.2) is 0 Å². The number of nitrogens with two attached hydrogens (primary N) is 1. The number of hydrogen-bond donors (Lipinski definition) is 1. The molecule has 0 amide bonds. The molecule has 14 heavy (non-hydrogen) atoms. The third kappa shape index (κ3) is 2.42. The Morgan fingerprint density at radius 2 is 2.07 bits per heavy atom. The van der Waals surface area contributed by atoms with Crippen LogP contribution in [0.3, 0.4) is 0 Å². The van der Waals surface area contributed by atoms with Gasteiger partial charge in [-0.05, 0) is 24.1 Å². The van der Waals surface area contributed by atoms with Gasteiger partial charge in [0.05, 0.1) is 5.92 Å². The third-order valence-corrected chi connectivity index (χ3v) is 2.59. The van der Waals surface area contributed by atoms with Gasteiger partial charge < -0.3 is 5.73 Å². The van der Waals surface area contributed by atoms with Crippen LogP contribution in [0.5, 0.6) is 0 Å². The van der Waals surface area contributed by atoms with Crippen molar-refractivity contribution >= 4 is 11.6 Å². The van der Waals surface area contributed by atoms with Crippen LogP contribution >= 0.6 is 11.6 Å². The molecule has 78 valence electrons. The fraction of sp³-hybridized carbons (Fsp3) is 0.400. The van der Waals surface area contributed by atoms with E-state index in [0.29, 0.717) is 10.6 Å². The summed E-state index contributed by atoms with van der Waals surface area (Å²) in [5.74, 6) is -0.897. The van der Waals surface area contributed by atoms with Crippen molar-refractivity contribution in [2.24, 2.45) is 5.73 Å². The van der Waals surface area contributed by atoms with Crippen LogP contribution in [-0.4, -0.2) is 13.0 Å². The normalized spacial score (nSPS) is 13.3. The van der Waals surface area contributed by atoms with Gasteiger partial charge >= 0.3 is 0 Å². The summed E-state index contributed by atoms with van der Waals surface area (Å²) in [6, 6.07) is 4.88. The highest BCUT2D eigenvalue weighted by atomic mass is 35.5. The summed E-state index contributed by atoms with van der Waals surface area (Å²) >= 11 is 5.79. The van der Waals surface area contributed by atoms with E-state index in [1.54, 1.807) is 25.1 Å². The van der Waals surface area contributed by atoms with Gasteiger partial charge in [0.1, 0.15) is 0 Å². The Balaban J connectivity index is 3.00. The maximum absolute atomic E-state index is 12.5. The van der Waals surface area contributed by atoms with Crippen molar-refractivity contribution < 1.29 is 8.78 Å². The molecule has 0 aliphatic rings. The molecular weight excluding hydrogens is 208 g/mol. The Kier molecular flexibility index (Phi) is 3.84. The summed E-state index contributed by atoms with van der Waals surface area (Å²) in [7, 11) is 0. The number of hydrogen-bond acceptors (Lipinski definition) is 1. The van der Waals surface area contributed by atoms with Gasteiger partial charge in [-0.1, -0.05) is 23.7 Å². The number of rotatable bonds is 3. The molecule has 1 rings (SSSR count). The molecule has 0 aliphatic heterocycles. The summed E-state index contributed by atoms with van der Waals surface area (Å²) in [6.45, 7) is 1.73. The Morgan fingerprint density at radius 3 is 2.50 bits per heavy atom. The van der Waals surface area contributed by atoms with Crippen molar-refractivity contribution in [1.29, 1.82) is 0 Å². The van der Waals surface area contributed by atoms with Gasteiger partial charge in [-0.15, -0.1) is 0 Å². The molecule has 1 atom stereocenters. The van der Waals surface area contributed by atoms with Crippen LogP contribution in [0.1, 0.15) is 17.0 Å². The van der Waals surface area contributed by atoms with E-state index in [-0.39, 0.29) is 6.54 Å². The van der Waals surface area contributed by atoms with E-state index in [2.05, 4.69) is 0 Å². The first kappa shape index (κ1) is 11.4. The highest BCUT2D eigenvalue weighted by molar-refractivity contribution is 6.31. The minimum absolute atomic E-state index is 0.0568. The van der Waals surface area contributed by atoms with Gasteiger partial charge in [0, 0.05) is 11.6 Å². The van der Waals surface area contributed by atoms with E-state index < -0.39 is 12.3 Å². The van der Waals surface area contributed by atoms with E-state index in [9.17, 15) is 8.78 Å². The molecule has 0 saturated heterocycles. The fourth-order valence-corrected chi connectivity index (χ4v) is 1.40. The van der Waals surface area contributed by atoms with Crippen molar-refractivity contribution in [2.45, 2.75) is 19.3 Å². The zero-order chi connectivity index (χ0) is 10.7. The van der Waals surface area contributed by atoms with Crippen LogP contribution in [0, 0.1) is 6.92 Å². The molecule has 0 aliphatic carbocycles. The van der Waals surface area contributed by atoms with Crippen LogP contribution < -0.4 is 5.73 Å². The Labute approximate surface area is 86.9 Å². The molecule has 4 heteroatoms. The second-order valence-electron chi connectivity index (χ2n) is 3.19. The molecule has 1 nitrogen and oxygen atoms in total. The predicted octanol–water partition coefficient (Wildman–Crippen LogP) is 2.96. The van der Waals surface area contributed by atoms with Gasteiger partial charge in [0.25, 0.3) is 0 Å². The minimum Gasteiger partial charge on any atom is -0.330 e. The molecule has 2 N–H and O–H groups in total. The fourth-order valence-electron chi connectivity index (χ4n) is 1.28. The SMILES string of the molecule is Cc1cc(C(CN)C(F)F)ccc1Cl. The lowest BCUT2D eigenvalue weighted by molar-refractivity contribution is 0.117. The Bertz CT molecular complexity index is 315. The summed E-state index contributed by atoms with van der Waals surface area (Å²) in [6.07, 6.45) is -2.43. The van der Waals surface area contributed by atoms with E-state index >= 15 is 0 Å². The Hall–Kier alpha value is -0.670. The second kappa shape index (κ2) is 4.71. The zero-order valence-corrected chi connectivity index (χ0v) is 8.56. The number of alkyl halides is 2. The van der Waals surface area contributed by atoms with Crippen molar-refractivity contribution in [3.63, 3.8) is 0 Å². The first-order valence-corrected chi connectivity index (χ1v) is 4.68. The van der Waals surface area contributed by atoms with Crippen LogP contribution in [0.25, 0.3) is 0 Å². The van der Waals surface area contributed by atoms with Crippen LogP contribution in [0.2, 0.25) is 5.02 Å². The monoisotopic (exact) mass is 219 g/mol. The van der Waals surface area contributed by atoms with Gasteiger partial charge in [0.2, 0.25) is 6.43 Å². The molecule has 0 bridgehead atoms. The molecular formula is C10H12ClF2N. The molecule has 0 radical (unpaired) electrons. The standard InChI is InChI=1S/C10H12ClF2N/c1-6-4-7(2-3-9(6)11)8(5-14)10(12)13/h2-4,8,10H,5,14H2,1H3. The van der Waals surface area contributed by atoms with Crippen molar-refractivity contribution in [3.8, 4) is 0 Å². The number of aryl methyl sites for hydroxylation is 1. The van der Waals surface area contributed by atoms with Gasteiger partial charge in [-0.3, -0.25) is 0 Å². The molecule has 1 aromatic rings.